The number of esters is 1. The largest absolute Gasteiger partial charge is 0.613 e. The number of hydrogen-bond donors (Lipinski definition) is 2. The van der Waals surface area contributed by atoms with Gasteiger partial charge in [-0.2, -0.15) is 0 Å². The number of carbonyl (C=O) groups excluding carboxylic acids is 1. The molecule has 0 bridgehead atoms. The third-order valence-electron chi connectivity index (χ3n) is 4.07. The van der Waals surface area contributed by atoms with Crippen LogP contribution in [0.4, 0.5) is 0 Å². The number of nitrogens with one attached hydrogen (secondary N) is 2. The molecule has 1 aliphatic rings. The molecule has 152 valence electrons. The summed E-state index contributed by atoms with van der Waals surface area (Å²) in [5.41, 5.74) is 7.89. The number of azide groups is 1. The van der Waals surface area contributed by atoms with Gasteiger partial charge in [-0.25, -0.2) is 4.79 Å². The Bertz CT molecular complexity index is 908. The number of H-pyrrole nitrogens is 1. The highest BCUT2D eigenvalue weighted by Crippen LogP contribution is 2.32. The van der Waals surface area contributed by atoms with Gasteiger partial charge in [0.2, 0.25) is 0 Å². The van der Waals surface area contributed by atoms with E-state index >= 15 is 0 Å². The lowest BCUT2D eigenvalue weighted by molar-refractivity contribution is -0.142. The van der Waals surface area contributed by atoms with E-state index in [1.165, 1.54) is 31.7 Å². The second kappa shape index (κ2) is 9.58. The third-order valence-corrected chi connectivity index (χ3v) is 5.05. The van der Waals surface area contributed by atoms with Crippen LogP contribution in [0, 0.1) is 6.92 Å². The Kier molecular flexibility index (Phi) is 7.44. The number of rotatable bonds is 8. The van der Waals surface area contributed by atoms with E-state index in [2.05, 4.69) is 24.8 Å². The molecule has 0 aromatic carbocycles. The van der Waals surface area contributed by atoms with Gasteiger partial charge in [0.1, 0.15) is 18.9 Å². The lowest BCUT2D eigenvalue weighted by atomic mass is 10.1. The van der Waals surface area contributed by atoms with Crippen molar-refractivity contribution in [1.29, 1.82) is 0 Å². The molecule has 28 heavy (non-hydrogen) atoms. The highest BCUT2D eigenvalue weighted by Gasteiger charge is 2.39. The van der Waals surface area contributed by atoms with Crippen molar-refractivity contribution < 1.29 is 23.4 Å². The van der Waals surface area contributed by atoms with E-state index in [9.17, 15) is 18.9 Å². The topological polar surface area (TPSA) is 177 Å². The van der Waals surface area contributed by atoms with Crippen LogP contribution in [0.3, 0.4) is 0 Å². The molecule has 0 radical (unpaired) electrons. The fraction of sp³-hybridized carbons (Fsp3) is 0.643. The maximum Gasteiger partial charge on any atom is 0.613 e. The fourth-order valence-electron chi connectivity index (χ4n) is 2.59. The summed E-state index contributed by atoms with van der Waals surface area (Å²) in [6.45, 7) is 2.78. The van der Waals surface area contributed by atoms with Crippen LogP contribution in [0.1, 0.15) is 25.1 Å². The molecule has 2 heterocycles. The van der Waals surface area contributed by atoms with E-state index in [-0.39, 0.29) is 13.0 Å². The third kappa shape index (κ3) is 5.24. The van der Waals surface area contributed by atoms with Crippen molar-refractivity contribution in [2.75, 3.05) is 13.7 Å². The number of carbonyl (C=O) groups is 1. The van der Waals surface area contributed by atoms with Crippen molar-refractivity contribution >= 4 is 14.1 Å². The molecule has 1 aromatic heterocycles. The normalized spacial score (nSPS) is 23.0. The molecule has 1 fully saturated rings. The first-order valence-corrected chi connectivity index (χ1v) is 9.40. The van der Waals surface area contributed by atoms with Gasteiger partial charge < -0.3 is 9.47 Å². The molecular weight excluding hydrogens is 395 g/mol. The second-order valence-corrected chi connectivity index (χ2v) is 7.07. The molecule has 0 spiro atoms. The zero-order chi connectivity index (χ0) is 20.8. The lowest BCUT2D eigenvalue weighted by Gasteiger charge is -2.15. The van der Waals surface area contributed by atoms with Crippen LogP contribution in [0.2, 0.25) is 0 Å². The first kappa shape index (κ1) is 21.7. The summed E-state index contributed by atoms with van der Waals surface area (Å²) >= 11 is 0. The minimum Gasteiger partial charge on any atom is -0.468 e. The SMILES string of the molecule is COC(=O)[C@H](C)N[P+](=O)OC[C@H]1O[C@@H](n2cc(C)c(=O)[nH]c2=O)C[C@@H]1N=[N+]=[N-]. The summed E-state index contributed by atoms with van der Waals surface area (Å²) in [5, 5.41) is 6.06. The van der Waals surface area contributed by atoms with Gasteiger partial charge in [-0.15, -0.1) is 4.52 Å². The van der Waals surface area contributed by atoms with Gasteiger partial charge in [0, 0.05) is 23.1 Å². The van der Waals surface area contributed by atoms with Crippen LogP contribution in [0.5, 0.6) is 0 Å². The smallest absolute Gasteiger partial charge is 0.468 e. The Morgan fingerprint density at radius 3 is 2.96 bits per heavy atom. The quantitative estimate of drug-likeness (QED) is 0.204. The Balaban J connectivity index is 2.06. The summed E-state index contributed by atoms with van der Waals surface area (Å²) in [7, 11) is -1.22. The van der Waals surface area contributed by atoms with Crippen molar-refractivity contribution in [1.82, 2.24) is 14.6 Å². The maximum atomic E-state index is 12.0. The molecule has 2 N–H and O–H groups in total. The monoisotopic (exact) mass is 415 g/mol. The highest BCUT2D eigenvalue weighted by molar-refractivity contribution is 7.36. The number of nitrogens with zero attached hydrogens (tertiary/aromatic N) is 4. The average Bonchev–Trinajstić information content (AvgIpc) is 3.05. The molecule has 1 aliphatic heterocycles. The van der Waals surface area contributed by atoms with Crippen molar-refractivity contribution in [2.24, 2.45) is 5.11 Å². The van der Waals surface area contributed by atoms with Crippen molar-refractivity contribution in [3.05, 3.63) is 43.0 Å². The molecule has 1 saturated heterocycles. The van der Waals surface area contributed by atoms with E-state index in [0.717, 1.165) is 0 Å². The zero-order valence-electron chi connectivity index (χ0n) is 15.4. The molecule has 5 atom stereocenters. The average molecular weight is 415 g/mol. The Hall–Kier alpha value is -2.56. The van der Waals surface area contributed by atoms with Gasteiger partial charge in [0.25, 0.3) is 5.56 Å². The van der Waals surface area contributed by atoms with Crippen molar-refractivity contribution in [2.45, 2.75) is 44.7 Å². The summed E-state index contributed by atoms with van der Waals surface area (Å²) in [5.74, 6) is -0.607. The lowest BCUT2D eigenvalue weighted by Crippen LogP contribution is -2.33. The number of aromatic amines is 1. The molecule has 2 rings (SSSR count). The van der Waals surface area contributed by atoms with E-state index in [1.54, 1.807) is 0 Å². The Morgan fingerprint density at radius 2 is 2.32 bits per heavy atom. The van der Waals surface area contributed by atoms with Gasteiger partial charge in [-0.1, -0.05) is 10.2 Å². The minimum atomic E-state index is -2.42. The molecule has 0 saturated carbocycles. The number of aromatic nitrogens is 2. The molecule has 1 unspecified atom stereocenters. The predicted molar refractivity (Wildman–Crippen MR) is 95.7 cm³/mol. The van der Waals surface area contributed by atoms with Crippen molar-refractivity contribution in [3.63, 3.8) is 0 Å². The maximum absolute atomic E-state index is 12.0. The molecule has 1 aromatic rings. The van der Waals surface area contributed by atoms with Crippen LogP contribution in [-0.2, 0) is 23.4 Å². The van der Waals surface area contributed by atoms with Gasteiger partial charge in [-0.05, 0) is 23.9 Å². The summed E-state index contributed by atoms with van der Waals surface area (Å²) in [6.07, 6.45) is -0.0737. The summed E-state index contributed by atoms with van der Waals surface area (Å²) in [6, 6.07) is -1.53. The number of hydrogen-bond acceptors (Lipinski definition) is 8. The second-order valence-electron chi connectivity index (χ2n) is 6.04. The van der Waals surface area contributed by atoms with Crippen LogP contribution >= 0.6 is 8.18 Å². The van der Waals surface area contributed by atoms with Gasteiger partial charge >= 0.3 is 19.8 Å². The standard InChI is InChI=1S/C14H19N6O7P/c1-7-5-20(14(23)16-12(7)21)11-4-9(17-19-15)10(27-11)6-26-28(24)18-8(2)13(22)25-3/h5,8-11H,4,6H2,1-3H3,(H-,16,18,21,23,24)/p+1/t8-,9-,10+,11+/m0/s1. The van der Waals surface area contributed by atoms with Gasteiger partial charge in [-0.3, -0.25) is 19.1 Å². The first-order chi connectivity index (χ1) is 13.3. The molecule has 13 nitrogen and oxygen atoms in total. The number of methoxy groups -OCH3 is 1. The Labute approximate surface area is 159 Å². The number of aryl methyl sites for hydroxylation is 1. The molecular formula is C14H20N6O7P+. The van der Waals surface area contributed by atoms with Crippen LogP contribution in [0.15, 0.2) is 20.9 Å². The van der Waals surface area contributed by atoms with E-state index < -0.39 is 49.8 Å². The first-order valence-electron chi connectivity index (χ1n) is 8.22. The minimum absolute atomic E-state index is 0.159. The van der Waals surface area contributed by atoms with Crippen LogP contribution < -0.4 is 16.3 Å². The van der Waals surface area contributed by atoms with E-state index in [0.29, 0.717) is 5.56 Å². The Morgan fingerprint density at radius 1 is 1.61 bits per heavy atom. The summed E-state index contributed by atoms with van der Waals surface area (Å²) < 4.78 is 28.5. The summed E-state index contributed by atoms with van der Waals surface area (Å²) in [4.78, 5) is 39.8. The fourth-order valence-corrected chi connectivity index (χ4v) is 3.37. The van der Waals surface area contributed by atoms with Gasteiger partial charge in [0.15, 0.2) is 0 Å². The van der Waals surface area contributed by atoms with E-state index in [1.807, 2.05) is 0 Å². The molecule has 14 heteroatoms. The van der Waals surface area contributed by atoms with Crippen molar-refractivity contribution in [3.8, 4) is 0 Å². The number of ether oxygens (including phenoxy) is 2. The zero-order valence-corrected chi connectivity index (χ0v) is 16.3. The van der Waals surface area contributed by atoms with Gasteiger partial charge in [0.05, 0.1) is 19.3 Å². The van der Waals surface area contributed by atoms with E-state index in [4.69, 9.17) is 14.8 Å². The molecule has 0 amide bonds. The van der Waals surface area contributed by atoms with Crippen LogP contribution in [-0.4, -0.2) is 47.4 Å². The predicted octanol–water partition coefficient (Wildman–Crippen LogP) is 0.637. The van der Waals surface area contributed by atoms with Crippen LogP contribution in [0.25, 0.3) is 10.4 Å². The highest BCUT2D eigenvalue weighted by atomic mass is 31.1. The molecule has 0 aliphatic carbocycles.